The highest BCUT2D eigenvalue weighted by molar-refractivity contribution is 5.51. The van der Waals surface area contributed by atoms with Crippen LogP contribution in [-0.4, -0.2) is 46.6 Å². The number of aromatic nitrogens is 4. The Bertz CT molecular complexity index is 552. The first-order valence-electron chi connectivity index (χ1n) is 6.04. The normalized spacial score (nSPS) is 15.5. The van der Waals surface area contributed by atoms with Gasteiger partial charge >= 0.3 is 0 Å². The van der Waals surface area contributed by atoms with Gasteiger partial charge in [0.15, 0.2) is 11.6 Å². The molecule has 0 spiro atoms. The molecule has 0 amide bonds. The van der Waals surface area contributed by atoms with Crippen molar-refractivity contribution in [1.82, 2.24) is 20.3 Å². The standard InChI is InChI=1S/C11H14N6O2/c1-8-6-9(16-19-8)13-10-7-12-15-11(14-10)17-2-4-18-5-3-17/h6-7H,2-5H2,1H3,(H,13,14,15,16). The SMILES string of the molecule is Cc1cc(Nc2cnnc(N3CCOCC3)n2)no1. The molecule has 2 aromatic rings. The summed E-state index contributed by atoms with van der Waals surface area (Å²) in [5.41, 5.74) is 0. The molecular weight excluding hydrogens is 248 g/mol. The van der Waals surface area contributed by atoms with E-state index < -0.39 is 0 Å². The number of anilines is 3. The lowest BCUT2D eigenvalue weighted by Crippen LogP contribution is -2.37. The van der Waals surface area contributed by atoms with Gasteiger partial charge in [0.25, 0.3) is 0 Å². The van der Waals surface area contributed by atoms with Crippen LogP contribution < -0.4 is 10.2 Å². The summed E-state index contributed by atoms with van der Waals surface area (Å²) in [6, 6.07) is 1.79. The molecule has 0 saturated carbocycles. The van der Waals surface area contributed by atoms with Crippen LogP contribution in [0.2, 0.25) is 0 Å². The van der Waals surface area contributed by atoms with Crippen molar-refractivity contribution in [1.29, 1.82) is 0 Å². The molecule has 1 aliphatic heterocycles. The lowest BCUT2D eigenvalue weighted by atomic mass is 10.4. The molecule has 19 heavy (non-hydrogen) atoms. The third kappa shape index (κ3) is 2.79. The van der Waals surface area contributed by atoms with Gasteiger partial charge in [0.1, 0.15) is 5.76 Å². The van der Waals surface area contributed by atoms with E-state index in [2.05, 4.69) is 25.7 Å². The molecule has 0 radical (unpaired) electrons. The van der Waals surface area contributed by atoms with E-state index >= 15 is 0 Å². The minimum atomic E-state index is 0.588. The van der Waals surface area contributed by atoms with Gasteiger partial charge in [-0.2, -0.15) is 10.1 Å². The Labute approximate surface area is 109 Å². The van der Waals surface area contributed by atoms with Crippen LogP contribution in [0.5, 0.6) is 0 Å². The molecule has 1 aliphatic rings. The average molecular weight is 262 g/mol. The molecule has 1 N–H and O–H groups in total. The molecule has 3 rings (SSSR count). The van der Waals surface area contributed by atoms with Crippen LogP contribution in [0.1, 0.15) is 5.76 Å². The number of ether oxygens (including phenoxy) is 1. The van der Waals surface area contributed by atoms with E-state index in [0.717, 1.165) is 18.8 Å². The van der Waals surface area contributed by atoms with Crippen LogP contribution in [0.4, 0.5) is 17.6 Å². The van der Waals surface area contributed by atoms with E-state index in [4.69, 9.17) is 9.26 Å². The molecule has 1 fully saturated rings. The predicted octanol–water partition coefficient (Wildman–Crippen LogP) is 0.748. The second kappa shape index (κ2) is 5.19. The van der Waals surface area contributed by atoms with Gasteiger partial charge in [0.2, 0.25) is 5.95 Å². The number of hydrogen-bond donors (Lipinski definition) is 1. The summed E-state index contributed by atoms with van der Waals surface area (Å²) in [4.78, 5) is 6.44. The topological polar surface area (TPSA) is 89.2 Å². The van der Waals surface area contributed by atoms with Crippen molar-refractivity contribution in [3.05, 3.63) is 18.0 Å². The van der Waals surface area contributed by atoms with Crippen molar-refractivity contribution in [3.63, 3.8) is 0 Å². The Balaban J connectivity index is 1.75. The van der Waals surface area contributed by atoms with Crippen molar-refractivity contribution >= 4 is 17.6 Å². The molecule has 0 atom stereocenters. The molecule has 3 heterocycles. The number of aryl methyl sites for hydroxylation is 1. The Morgan fingerprint density at radius 3 is 2.84 bits per heavy atom. The largest absolute Gasteiger partial charge is 0.378 e. The first-order valence-corrected chi connectivity index (χ1v) is 6.04. The number of hydrogen-bond acceptors (Lipinski definition) is 8. The third-order valence-electron chi connectivity index (χ3n) is 2.73. The third-order valence-corrected chi connectivity index (χ3v) is 2.73. The maximum atomic E-state index is 5.29. The van der Waals surface area contributed by atoms with Crippen LogP contribution in [0.15, 0.2) is 16.8 Å². The Morgan fingerprint density at radius 1 is 1.26 bits per heavy atom. The molecule has 0 bridgehead atoms. The fourth-order valence-corrected chi connectivity index (χ4v) is 1.81. The first-order chi connectivity index (χ1) is 9.31. The monoisotopic (exact) mass is 262 g/mol. The summed E-state index contributed by atoms with van der Waals surface area (Å²) in [5.74, 6) is 2.52. The minimum Gasteiger partial charge on any atom is -0.378 e. The Hall–Kier alpha value is -2.22. The van der Waals surface area contributed by atoms with Crippen molar-refractivity contribution in [2.75, 3.05) is 36.5 Å². The summed E-state index contributed by atoms with van der Waals surface area (Å²) >= 11 is 0. The lowest BCUT2D eigenvalue weighted by molar-refractivity contribution is 0.122. The Morgan fingerprint density at radius 2 is 2.11 bits per heavy atom. The second-order valence-electron chi connectivity index (χ2n) is 4.19. The molecule has 100 valence electrons. The number of rotatable bonds is 3. The highest BCUT2D eigenvalue weighted by atomic mass is 16.5. The van der Waals surface area contributed by atoms with Crippen molar-refractivity contribution < 1.29 is 9.26 Å². The average Bonchev–Trinajstić information content (AvgIpc) is 2.85. The van der Waals surface area contributed by atoms with Gasteiger partial charge in [0, 0.05) is 19.2 Å². The molecule has 0 aromatic carbocycles. The maximum absolute atomic E-state index is 5.29. The van der Waals surface area contributed by atoms with E-state index in [9.17, 15) is 0 Å². The van der Waals surface area contributed by atoms with Crippen molar-refractivity contribution in [2.45, 2.75) is 6.92 Å². The smallest absolute Gasteiger partial charge is 0.247 e. The molecule has 8 heteroatoms. The molecule has 1 saturated heterocycles. The quantitative estimate of drug-likeness (QED) is 0.866. The number of nitrogens with zero attached hydrogens (tertiary/aromatic N) is 5. The van der Waals surface area contributed by atoms with Gasteiger partial charge in [-0.3, -0.25) is 0 Å². The van der Waals surface area contributed by atoms with Gasteiger partial charge in [-0.1, -0.05) is 5.16 Å². The van der Waals surface area contributed by atoms with Gasteiger partial charge in [-0.05, 0) is 6.92 Å². The second-order valence-corrected chi connectivity index (χ2v) is 4.19. The zero-order valence-corrected chi connectivity index (χ0v) is 10.5. The maximum Gasteiger partial charge on any atom is 0.247 e. The summed E-state index contributed by atoms with van der Waals surface area (Å²) < 4.78 is 10.3. The first kappa shape index (κ1) is 11.8. The lowest BCUT2D eigenvalue weighted by Gasteiger charge is -2.26. The van der Waals surface area contributed by atoms with E-state index in [1.54, 1.807) is 12.3 Å². The van der Waals surface area contributed by atoms with E-state index in [1.165, 1.54) is 0 Å². The van der Waals surface area contributed by atoms with E-state index in [-0.39, 0.29) is 0 Å². The summed E-state index contributed by atoms with van der Waals surface area (Å²) in [6.07, 6.45) is 1.55. The van der Waals surface area contributed by atoms with Crippen LogP contribution in [0.3, 0.4) is 0 Å². The van der Waals surface area contributed by atoms with Gasteiger partial charge in [0.05, 0.1) is 19.4 Å². The highest BCUT2D eigenvalue weighted by Gasteiger charge is 2.14. The predicted molar refractivity (Wildman–Crippen MR) is 67.4 cm³/mol. The molecular formula is C11H14N6O2. The van der Waals surface area contributed by atoms with Crippen LogP contribution in [0.25, 0.3) is 0 Å². The van der Waals surface area contributed by atoms with Crippen LogP contribution in [-0.2, 0) is 4.74 Å². The number of nitrogens with one attached hydrogen (secondary N) is 1. The molecule has 0 unspecified atom stereocenters. The van der Waals surface area contributed by atoms with Crippen LogP contribution in [0, 0.1) is 6.92 Å². The van der Waals surface area contributed by atoms with Crippen molar-refractivity contribution in [2.24, 2.45) is 0 Å². The molecule has 0 aliphatic carbocycles. The van der Waals surface area contributed by atoms with Gasteiger partial charge in [-0.15, -0.1) is 5.10 Å². The van der Waals surface area contributed by atoms with Gasteiger partial charge < -0.3 is 19.5 Å². The van der Waals surface area contributed by atoms with Crippen LogP contribution >= 0.6 is 0 Å². The zero-order valence-electron chi connectivity index (χ0n) is 10.5. The highest BCUT2D eigenvalue weighted by Crippen LogP contribution is 2.16. The van der Waals surface area contributed by atoms with E-state index in [1.807, 2.05) is 11.8 Å². The molecule has 2 aromatic heterocycles. The van der Waals surface area contributed by atoms with E-state index in [0.29, 0.717) is 30.8 Å². The fraction of sp³-hybridized carbons (Fsp3) is 0.455. The summed E-state index contributed by atoms with van der Waals surface area (Å²) in [7, 11) is 0. The summed E-state index contributed by atoms with van der Waals surface area (Å²) in [5, 5.41) is 14.9. The van der Waals surface area contributed by atoms with Crippen molar-refractivity contribution in [3.8, 4) is 0 Å². The summed E-state index contributed by atoms with van der Waals surface area (Å²) in [6.45, 7) is 4.74. The fourth-order valence-electron chi connectivity index (χ4n) is 1.81. The zero-order chi connectivity index (χ0) is 13.1. The minimum absolute atomic E-state index is 0.588. The van der Waals surface area contributed by atoms with Gasteiger partial charge in [-0.25, -0.2) is 0 Å². The number of morpholine rings is 1. The molecule has 8 nitrogen and oxygen atoms in total. The Kier molecular flexibility index (Phi) is 3.23.